The van der Waals surface area contributed by atoms with Crippen LogP contribution < -0.4 is 5.73 Å². The van der Waals surface area contributed by atoms with Gasteiger partial charge in [0.05, 0.1) is 0 Å². The summed E-state index contributed by atoms with van der Waals surface area (Å²) in [5.41, 5.74) is 9.47. The summed E-state index contributed by atoms with van der Waals surface area (Å²) in [5, 5.41) is 0. The maximum Gasteiger partial charge on any atom is 0.0317 e. The quantitative estimate of drug-likeness (QED) is 0.609. The summed E-state index contributed by atoms with van der Waals surface area (Å²) in [6, 6.07) is 6.90. The highest BCUT2D eigenvalue weighted by Crippen LogP contribution is 2.23. The molecule has 1 aromatic carbocycles. The third-order valence-corrected chi connectivity index (χ3v) is 2.92. The van der Waals surface area contributed by atoms with Crippen LogP contribution in [0.5, 0.6) is 0 Å². The molecular formula is C11H16N2. The van der Waals surface area contributed by atoms with Crippen molar-refractivity contribution in [3.63, 3.8) is 0 Å². The monoisotopic (exact) mass is 176 g/mol. The highest BCUT2D eigenvalue weighted by atomic mass is 15.1. The fourth-order valence-electron chi connectivity index (χ4n) is 1.89. The van der Waals surface area contributed by atoms with Gasteiger partial charge >= 0.3 is 0 Å². The first kappa shape index (κ1) is 8.57. The molecule has 0 fully saturated rings. The van der Waals surface area contributed by atoms with Crippen LogP contribution in [0, 0.1) is 0 Å². The van der Waals surface area contributed by atoms with Crippen LogP contribution in [0.4, 0.5) is 5.69 Å². The molecule has 2 rings (SSSR count). The molecule has 0 aliphatic carbocycles. The van der Waals surface area contributed by atoms with Crippen molar-refractivity contribution in [2.24, 2.45) is 0 Å². The largest absolute Gasteiger partial charge is 0.399 e. The average molecular weight is 176 g/mol. The molecule has 2 heteroatoms. The lowest BCUT2D eigenvalue weighted by Crippen LogP contribution is -2.34. The zero-order valence-electron chi connectivity index (χ0n) is 8.25. The fourth-order valence-corrected chi connectivity index (χ4v) is 1.89. The van der Waals surface area contributed by atoms with Crippen molar-refractivity contribution in [2.45, 2.75) is 25.9 Å². The number of nitrogen functional groups attached to an aromatic ring is 1. The summed E-state index contributed by atoms with van der Waals surface area (Å²) >= 11 is 0. The van der Waals surface area contributed by atoms with E-state index in [4.69, 9.17) is 5.73 Å². The van der Waals surface area contributed by atoms with Gasteiger partial charge in [-0.05, 0) is 43.7 Å². The molecule has 1 atom stereocenters. The van der Waals surface area contributed by atoms with Crippen molar-refractivity contribution in [2.75, 3.05) is 12.8 Å². The van der Waals surface area contributed by atoms with Gasteiger partial charge in [0.1, 0.15) is 0 Å². The van der Waals surface area contributed by atoms with Crippen LogP contribution in [-0.2, 0) is 13.0 Å². The Morgan fingerprint density at radius 3 is 2.92 bits per heavy atom. The smallest absolute Gasteiger partial charge is 0.0317 e. The van der Waals surface area contributed by atoms with Gasteiger partial charge in [0.15, 0.2) is 0 Å². The van der Waals surface area contributed by atoms with Crippen molar-refractivity contribution < 1.29 is 0 Å². The lowest BCUT2D eigenvalue weighted by Gasteiger charge is -2.31. The Morgan fingerprint density at radius 1 is 1.38 bits per heavy atom. The first-order chi connectivity index (χ1) is 6.16. The minimum atomic E-state index is 0.649. The second-order valence-corrected chi connectivity index (χ2v) is 4.00. The van der Waals surface area contributed by atoms with E-state index in [-0.39, 0.29) is 0 Å². The Bertz CT molecular complexity index is 320. The number of anilines is 1. The Kier molecular flexibility index (Phi) is 2.00. The Labute approximate surface area is 79.4 Å². The number of nitrogens with two attached hydrogens (primary N) is 1. The van der Waals surface area contributed by atoms with Crippen molar-refractivity contribution in [3.8, 4) is 0 Å². The zero-order valence-corrected chi connectivity index (χ0v) is 8.25. The van der Waals surface area contributed by atoms with Crippen molar-refractivity contribution in [1.82, 2.24) is 4.90 Å². The fraction of sp³-hybridized carbons (Fsp3) is 0.455. The van der Waals surface area contributed by atoms with E-state index < -0.39 is 0 Å². The number of nitrogens with zero attached hydrogens (tertiary/aromatic N) is 1. The number of fused-ring (bicyclic) bond motifs is 1. The molecule has 0 aromatic heterocycles. The molecule has 0 saturated heterocycles. The summed E-state index contributed by atoms with van der Waals surface area (Å²) in [7, 11) is 2.16. The minimum Gasteiger partial charge on any atom is -0.399 e. The molecule has 0 spiro atoms. The predicted octanol–water partition coefficient (Wildman–Crippen LogP) is 1.65. The minimum absolute atomic E-state index is 0.649. The maximum atomic E-state index is 5.74. The summed E-state index contributed by atoms with van der Waals surface area (Å²) in [4.78, 5) is 2.36. The van der Waals surface area contributed by atoms with Gasteiger partial charge in [-0.3, -0.25) is 4.90 Å². The average Bonchev–Trinajstić information content (AvgIpc) is 2.08. The topological polar surface area (TPSA) is 29.3 Å². The molecule has 1 unspecified atom stereocenters. The Balaban J connectivity index is 2.37. The van der Waals surface area contributed by atoms with Crippen LogP contribution in [-0.4, -0.2) is 18.0 Å². The highest BCUT2D eigenvalue weighted by molar-refractivity contribution is 5.45. The van der Waals surface area contributed by atoms with Gasteiger partial charge in [-0.1, -0.05) is 6.07 Å². The molecule has 13 heavy (non-hydrogen) atoms. The van der Waals surface area contributed by atoms with E-state index in [1.165, 1.54) is 11.1 Å². The molecule has 70 valence electrons. The zero-order chi connectivity index (χ0) is 9.42. The molecule has 0 saturated carbocycles. The van der Waals surface area contributed by atoms with Crippen molar-refractivity contribution >= 4 is 5.69 Å². The van der Waals surface area contributed by atoms with E-state index in [0.29, 0.717) is 6.04 Å². The lowest BCUT2D eigenvalue weighted by atomic mass is 9.95. The van der Waals surface area contributed by atoms with Crippen LogP contribution in [0.15, 0.2) is 18.2 Å². The van der Waals surface area contributed by atoms with Gasteiger partial charge in [0.25, 0.3) is 0 Å². The molecule has 0 bridgehead atoms. The van der Waals surface area contributed by atoms with E-state index >= 15 is 0 Å². The van der Waals surface area contributed by atoms with Crippen molar-refractivity contribution in [1.29, 1.82) is 0 Å². The van der Waals surface area contributed by atoms with Crippen LogP contribution >= 0.6 is 0 Å². The predicted molar refractivity (Wildman–Crippen MR) is 55.5 cm³/mol. The summed E-state index contributed by atoms with van der Waals surface area (Å²) < 4.78 is 0. The summed E-state index contributed by atoms with van der Waals surface area (Å²) in [5.74, 6) is 0. The normalized spacial score (nSPS) is 22.8. The van der Waals surface area contributed by atoms with Crippen molar-refractivity contribution in [3.05, 3.63) is 29.3 Å². The first-order valence-electron chi connectivity index (χ1n) is 4.74. The second kappa shape index (κ2) is 3.04. The number of hydrogen-bond acceptors (Lipinski definition) is 2. The maximum absolute atomic E-state index is 5.74. The SMILES string of the molecule is CC1Cc2ccc(N)cc2CN1C. The third-order valence-electron chi connectivity index (χ3n) is 2.92. The van der Waals surface area contributed by atoms with E-state index in [1.54, 1.807) is 0 Å². The van der Waals surface area contributed by atoms with E-state index in [0.717, 1.165) is 18.7 Å². The van der Waals surface area contributed by atoms with E-state index in [1.807, 2.05) is 6.07 Å². The van der Waals surface area contributed by atoms with Gasteiger partial charge in [-0.25, -0.2) is 0 Å². The number of rotatable bonds is 0. The lowest BCUT2D eigenvalue weighted by molar-refractivity contribution is 0.231. The molecule has 0 radical (unpaired) electrons. The standard InChI is InChI=1S/C11H16N2/c1-8-5-9-3-4-11(12)6-10(9)7-13(8)2/h3-4,6,8H,5,7,12H2,1-2H3. The van der Waals surface area contributed by atoms with Gasteiger partial charge in [-0.15, -0.1) is 0 Å². The van der Waals surface area contributed by atoms with Crippen LogP contribution in [0.3, 0.4) is 0 Å². The second-order valence-electron chi connectivity index (χ2n) is 4.00. The van der Waals surface area contributed by atoms with E-state index in [9.17, 15) is 0 Å². The molecule has 0 amide bonds. The first-order valence-corrected chi connectivity index (χ1v) is 4.74. The molecule has 2 N–H and O–H groups in total. The summed E-state index contributed by atoms with van der Waals surface area (Å²) in [6.45, 7) is 3.29. The van der Waals surface area contributed by atoms with E-state index in [2.05, 4.69) is 31.0 Å². The number of hydrogen-bond donors (Lipinski definition) is 1. The molecule has 2 nitrogen and oxygen atoms in total. The van der Waals surface area contributed by atoms with Gasteiger partial charge in [0.2, 0.25) is 0 Å². The number of benzene rings is 1. The molecule has 1 heterocycles. The van der Waals surface area contributed by atoms with Crippen LogP contribution in [0.2, 0.25) is 0 Å². The summed E-state index contributed by atoms with van der Waals surface area (Å²) in [6.07, 6.45) is 1.14. The van der Waals surface area contributed by atoms with Crippen LogP contribution in [0.1, 0.15) is 18.1 Å². The highest BCUT2D eigenvalue weighted by Gasteiger charge is 2.18. The van der Waals surface area contributed by atoms with Gasteiger partial charge in [0, 0.05) is 18.3 Å². The van der Waals surface area contributed by atoms with Crippen LogP contribution in [0.25, 0.3) is 0 Å². The third kappa shape index (κ3) is 1.54. The molecule has 1 aliphatic heterocycles. The van der Waals surface area contributed by atoms with Gasteiger partial charge < -0.3 is 5.73 Å². The Hall–Kier alpha value is -1.02. The Morgan fingerprint density at radius 2 is 2.15 bits per heavy atom. The number of likely N-dealkylation sites (N-methyl/N-ethyl adjacent to an activating group) is 1. The molecule has 1 aliphatic rings. The molecular weight excluding hydrogens is 160 g/mol. The molecule has 1 aromatic rings. The van der Waals surface area contributed by atoms with Gasteiger partial charge in [-0.2, -0.15) is 0 Å².